The van der Waals surface area contributed by atoms with E-state index < -0.39 is 23.9 Å². The van der Waals surface area contributed by atoms with Crippen LogP contribution < -0.4 is 5.73 Å². The number of hydrogen-bond acceptors (Lipinski definition) is 5. The smallest absolute Gasteiger partial charge is 0.318 e. The van der Waals surface area contributed by atoms with Crippen LogP contribution in [0.25, 0.3) is 11.1 Å². The standard InChI is InChI=1S/C23H21NO5/c24-19(12-21(25)26)22(20-10-5-11-28-20)23(27)29-13-18-16-8-3-1-6-14(16)15-7-2-4-9-17(15)18/h1-11,18-19,22H,12-13,24H2,(H,25,26)/t19-,22?/m0/s1. The van der Waals surface area contributed by atoms with Crippen LogP contribution in [0.5, 0.6) is 0 Å². The van der Waals surface area contributed by atoms with Crippen molar-refractivity contribution in [1.29, 1.82) is 0 Å². The van der Waals surface area contributed by atoms with E-state index in [0.29, 0.717) is 5.76 Å². The lowest BCUT2D eigenvalue weighted by Gasteiger charge is -2.21. The third-order valence-corrected chi connectivity index (χ3v) is 5.30. The molecule has 2 aromatic carbocycles. The number of carboxylic acids is 1. The van der Waals surface area contributed by atoms with Crippen molar-refractivity contribution in [2.24, 2.45) is 5.73 Å². The molecule has 3 aromatic rings. The summed E-state index contributed by atoms with van der Waals surface area (Å²) in [6.45, 7) is 0.143. The first-order valence-electron chi connectivity index (χ1n) is 9.42. The fourth-order valence-corrected chi connectivity index (χ4v) is 3.98. The van der Waals surface area contributed by atoms with Crippen molar-refractivity contribution in [3.63, 3.8) is 0 Å². The lowest BCUT2D eigenvalue weighted by atomic mass is 9.94. The van der Waals surface area contributed by atoms with Gasteiger partial charge in [0.25, 0.3) is 0 Å². The lowest BCUT2D eigenvalue weighted by Crippen LogP contribution is -2.36. The predicted octanol–water partition coefficient (Wildman–Crippen LogP) is 3.52. The molecule has 0 spiro atoms. The van der Waals surface area contributed by atoms with E-state index in [9.17, 15) is 9.59 Å². The summed E-state index contributed by atoms with van der Waals surface area (Å²) in [6, 6.07) is 18.4. The van der Waals surface area contributed by atoms with Crippen LogP contribution in [0, 0.1) is 0 Å². The third kappa shape index (κ3) is 3.67. The SMILES string of the molecule is N[C@@H](CC(=O)O)C(C(=O)OCC1c2ccccc2-c2ccccc21)c1ccco1. The van der Waals surface area contributed by atoms with Gasteiger partial charge >= 0.3 is 11.9 Å². The first-order valence-corrected chi connectivity index (χ1v) is 9.42. The summed E-state index contributed by atoms with van der Waals surface area (Å²) >= 11 is 0. The Bertz CT molecular complexity index is 982. The fraction of sp³-hybridized carbons (Fsp3) is 0.217. The summed E-state index contributed by atoms with van der Waals surface area (Å²) in [5.41, 5.74) is 10.5. The number of carboxylic acid groups (broad SMARTS) is 1. The van der Waals surface area contributed by atoms with Gasteiger partial charge in [0.15, 0.2) is 0 Å². The highest BCUT2D eigenvalue weighted by Gasteiger charge is 2.35. The summed E-state index contributed by atoms with van der Waals surface area (Å²) in [6.07, 6.45) is 1.06. The van der Waals surface area contributed by atoms with Gasteiger partial charge in [0.05, 0.1) is 12.7 Å². The quantitative estimate of drug-likeness (QED) is 0.598. The van der Waals surface area contributed by atoms with E-state index in [2.05, 4.69) is 12.1 Å². The van der Waals surface area contributed by atoms with Gasteiger partial charge in [-0.3, -0.25) is 9.59 Å². The zero-order valence-corrected chi connectivity index (χ0v) is 15.7. The largest absolute Gasteiger partial charge is 0.481 e. The highest BCUT2D eigenvalue weighted by atomic mass is 16.5. The summed E-state index contributed by atoms with van der Waals surface area (Å²) < 4.78 is 11.0. The second kappa shape index (κ2) is 7.93. The molecule has 1 aliphatic carbocycles. The zero-order chi connectivity index (χ0) is 20.4. The molecule has 0 saturated carbocycles. The molecule has 1 heterocycles. The van der Waals surface area contributed by atoms with Gasteiger partial charge in [-0.05, 0) is 34.4 Å². The fourth-order valence-electron chi connectivity index (χ4n) is 3.98. The van der Waals surface area contributed by atoms with Crippen LogP contribution in [0.4, 0.5) is 0 Å². The van der Waals surface area contributed by atoms with Crippen LogP contribution in [0.1, 0.15) is 35.1 Å². The van der Waals surface area contributed by atoms with Crippen molar-refractivity contribution < 1.29 is 23.8 Å². The maximum absolute atomic E-state index is 12.9. The molecule has 6 heteroatoms. The van der Waals surface area contributed by atoms with Crippen molar-refractivity contribution >= 4 is 11.9 Å². The summed E-state index contributed by atoms with van der Waals surface area (Å²) in [5.74, 6) is -2.43. The third-order valence-electron chi connectivity index (χ3n) is 5.30. The molecule has 0 radical (unpaired) electrons. The molecular formula is C23H21NO5. The molecule has 1 aliphatic rings. The number of fused-ring (bicyclic) bond motifs is 3. The molecule has 0 bridgehead atoms. The van der Waals surface area contributed by atoms with Crippen molar-refractivity contribution in [2.75, 3.05) is 6.61 Å². The average Bonchev–Trinajstić information content (AvgIpc) is 3.33. The molecule has 0 fully saturated rings. The maximum Gasteiger partial charge on any atom is 0.318 e. The van der Waals surface area contributed by atoms with Gasteiger partial charge in [-0.1, -0.05) is 48.5 Å². The van der Waals surface area contributed by atoms with Gasteiger partial charge < -0.3 is 20.0 Å². The van der Waals surface area contributed by atoms with E-state index >= 15 is 0 Å². The number of benzene rings is 2. The maximum atomic E-state index is 12.9. The van der Waals surface area contributed by atoms with Crippen LogP contribution >= 0.6 is 0 Å². The highest BCUT2D eigenvalue weighted by molar-refractivity contribution is 5.81. The first kappa shape index (κ1) is 19.0. The number of aliphatic carboxylic acids is 1. The van der Waals surface area contributed by atoms with E-state index in [1.54, 1.807) is 12.1 Å². The van der Waals surface area contributed by atoms with Crippen LogP contribution in [-0.4, -0.2) is 29.7 Å². The second-order valence-corrected chi connectivity index (χ2v) is 7.11. The van der Waals surface area contributed by atoms with Crippen molar-refractivity contribution in [3.8, 4) is 11.1 Å². The number of ether oxygens (including phenoxy) is 1. The van der Waals surface area contributed by atoms with E-state index in [0.717, 1.165) is 22.3 Å². The molecular weight excluding hydrogens is 370 g/mol. The molecule has 0 saturated heterocycles. The van der Waals surface area contributed by atoms with Crippen LogP contribution in [0.3, 0.4) is 0 Å². The van der Waals surface area contributed by atoms with E-state index in [4.69, 9.17) is 20.0 Å². The Labute approximate surface area is 167 Å². The number of furan rings is 1. The Morgan fingerprint density at radius 2 is 1.62 bits per heavy atom. The topological polar surface area (TPSA) is 103 Å². The van der Waals surface area contributed by atoms with Crippen molar-refractivity contribution in [3.05, 3.63) is 83.8 Å². The number of carbonyl (C=O) groups is 2. The summed E-state index contributed by atoms with van der Waals surface area (Å²) in [4.78, 5) is 24.0. The van der Waals surface area contributed by atoms with E-state index in [-0.39, 0.29) is 18.9 Å². The molecule has 6 nitrogen and oxygen atoms in total. The molecule has 1 unspecified atom stereocenters. The number of nitrogens with two attached hydrogens (primary N) is 1. The Kier molecular flexibility index (Phi) is 5.18. The lowest BCUT2D eigenvalue weighted by molar-refractivity contribution is -0.147. The number of esters is 1. The summed E-state index contributed by atoms with van der Waals surface area (Å²) in [5, 5.41) is 9.07. The Morgan fingerprint density at radius 1 is 1.00 bits per heavy atom. The molecule has 29 heavy (non-hydrogen) atoms. The zero-order valence-electron chi connectivity index (χ0n) is 15.7. The molecule has 0 amide bonds. The second-order valence-electron chi connectivity index (χ2n) is 7.11. The van der Waals surface area contributed by atoms with Crippen molar-refractivity contribution in [1.82, 2.24) is 0 Å². The summed E-state index contributed by atoms with van der Waals surface area (Å²) in [7, 11) is 0. The van der Waals surface area contributed by atoms with E-state index in [1.807, 2.05) is 36.4 Å². The van der Waals surface area contributed by atoms with Crippen molar-refractivity contribution in [2.45, 2.75) is 24.3 Å². The molecule has 2 atom stereocenters. The normalized spacial score (nSPS) is 14.7. The van der Waals surface area contributed by atoms with Crippen LogP contribution in [-0.2, 0) is 14.3 Å². The van der Waals surface area contributed by atoms with Gasteiger partial charge in [-0.25, -0.2) is 0 Å². The van der Waals surface area contributed by atoms with Crippen LogP contribution in [0.2, 0.25) is 0 Å². The average molecular weight is 391 g/mol. The molecule has 0 aliphatic heterocycles. The number of rotatable bonds is 7. The van der Waals surface area contributed by atoms with E-state index in [1.165, 1.54) is 6.26 Å². The number of carbonyl (C=O) groups excluding carboxylic acids is 1. The predicted molar refractivity (Wildman–Crippen MR) is 106 cm³/mol. The van der Waals surface area contributed by atoms with Gasteiger partial charge in [0.2, 0.25) is 0 Å². The minimum absolute atomic E-state index is 0.0840. The Hall–Kier alpha value is -3.38. The minimum Gasteiger partial charge on any atom is -0.481 e. The molecule has 4 rings (SSSR count). The Balaban J connectivity index is 1.56. The van der Waals surface area contributed by atoms with Gasteiger partial charge in [0.1, 0.15) is 18.3 Å². The van der Waals surface area contributed by atoms with Gasteiger partial charge in [-0.15, -0.1) is 0 Å². The highest BCUT2D eigenvalue weighted by Crippen LogP contribution is 2.44. The first-order chi connectivity index (χ1) is 14.1. The molecule has 3 N–H and O–H groups in total. The monoisotopic (exact) mass is 391 g/mol. The van der Waals surface area contributed by atoms with Crippen LogP contribution in [0.15, 0.2) is 71.3 Å². The molecule has 1 aromatic heterocycles. The van der Waals surface area contributed by atoms with Gasteiger partial charge in [0, 0.05) is 12.0 Å². The molecule has 148 valence electrons. The Morgan fingerprint density at radius 3 is 2.17 bits per heavy atom. The van der Waals surface area contributed by atoms with Gasteiger partial charge in [-0.2, -0.15) is 0 Å². The number of hydrogen-bond donors (Lipinski definition) is 2. The minimum atomic E-state index is -1.08.